The maximum Gasteiger partial charge on any atom is 0.389 e. The van der Waals surface area contributed by atoms with Crippen LogP contribution in [0.15, 0.2) is 12.3 Å². The first-order valence-electron chi connectivity index (χ1n) is 5.70. The highest BCUT2D eigenvalue weighted by atomic mass is 19.4. The van der Waals surface area contributed by atoms with Gasteiger partial charge in [-0.05, 0) is 25.3 Å². The van der Waals surface area contributed by atoms with Crippen LogP contribution >= 0.6 is 0 Å². The lowest BCUT2D eigenvalue weighted by molar-refractivity contribution is -0.136. The summed E-state index contributed by atoms with van der Waals surface area (Å²) >= 11 is 0. The van der Waals surface area contributed by atoms with Crippen LogP contribution in [0.4, 0.5) is 13.2 Å². The number of aliphatic hydroxyl groups excluding tert-OH is 1. The number of hydrogen-bond donors (Lipinski definition) is 1. The molecule has 1 rings (SSSR count). The Kier molecular flexibility index (Phi) is 4.99. The summed E-state index contributed by atoms with van der Waals surface area (Å²) in [6.45, 7) is 2.64. The Morgan fingerprint density at radius 2 is 2.18 bits per heavy atom. The molecule has 0 bridgehead atoms. The van der Waals surface area contributed by atoms with Crippen LogP contribution in [0.3, 0.4) is 0 Å². The third-order valence-corrected chi connectivity index (χ3v) is 2.46. The smallest absolute Gasteiger partial charge is 0.387 e. The minimum absolute atomic E-state index is 0.0675. The van der Waals surface area contributed by atoms with Crippen molar-refractivity contribution in [1.29, 1.82) is 0 Å². The fourth-order valence-electron chi connectivity index (χ4n) is 1.67. The highest BCUT2D eigenvalue weighted by Crippen LogP contribution is 2.26. The topological polar surface area (TPSA) is 38.0 Å². The van der Waals surface area contributed by atoms with Gasteiger partial charge in [0.1, 0.15) is 0 Å². The van der Waals surface area contributed by atoms with Crippen molar-refractivity contribution in [1.82, 2.24) is 9.78 Å². The molecule has 98 valence electrons. The van der Waals surface area contributed by atoms with Crippen LogP contribution in [0.5, 0.6) is 0 Å². The Balaban J connectivity index is 2.46. The van der Waals surface area contributed by atoms with Gasteiger partial charge in [-0.3, -0.25) is 4.68 Å². The molecule has 1 N–H and O–H groups in total. The molecule has 0 aliphatic heterocycles. The van der Waals surface area contributed by atoms with E-state index in [1.165, 1.54) is 0 Å². The molecule has 1 aromatic rings. The van der Waals surface area contributed by atoms with Gasteiger partial charge in [0, 0.05) is 19.2 Å². The highest BCUT2D eigenvalue weighted by molar-refractivity contribution is 5.04. The van der Waals surface area contributed by atoms with Crippen molar-refractivity contribution in [3.8, 4) is 0 Å². The third-order valence-electron chi connectivity index (χ3n) is 2.46. The molecule has 3 nitrogen and oxygen atoms in total. The fourth-order valence-corrected chi connectivity index (χ4v) is 1.67. The van der Waals surface area contributed by atoms with Gasteiger partial charge in [-0.1, -0.05) is 6.92 Å². The van der Waals surface area contributed by atoms with Crippen molar-refractivity contribution in [3.63, 3.8) is 0 Å². The van der Waals surface area contributed by atoms with E-state index in [-0.39, 0.29) is 12.8 Å². The zero-order valence-corrected chi connectivity index (χ0v) is 9.74. The van der Waals surface area contributed by atoms with Gasteiger partial charge in [-0.15, -0.1) is 0 Å². The first-order chi connectivity index (χ1) is 7.94. The van der Waals surface area contributed by atoms with Crippen molar-refractivity contribution in [2.24, 2.45) is 0 Å². The molecule has 0 aliphatic rings. The standard InChI is InChI=1S/C11H17F3N2O/c1-2-8-16-9(5-7-15-16)10(17)4-3-6-11(12,13)14/h5,7,10,17H,2-4,6,8H2,1H3. The molecule has 0 radical (unpaired) electrons. The monoisotopic (exact) mass is 250 g/mol. The van der Waals surface area contributed by atoms with E-state index in [9.17, 15) is 18.3 Å². The summed E-state index contributed by atoms with van der Waals surface area (Å²) in [4.78, 5) is 0. The summed E-state index contributed by atoms with van der Waals surface area (Å²) in [7, 11) is 0. The van der Waals surface area contributed by atoms with Crippen molar-refractivity contribution in [2.45, 2.75) is 51.4 Å². The summed E-state index contributed by atoms with van der Waals surface area (Å²) in [6.07, 6.45) is -3.42. The Morgan fingerprint density at radius 3 is 2.76 bits per heavy atom. The number of aromatic nitrogens is 2. The molecule has 1 unspecified atom stereocenters. The quantitative estimate of drug-likeness (QED) is 0.842. The van der Waals surface area contributed by atoms with Crippen molar-refractivity contribution >= 4 is 0 Å². The van der Waals surface area contributed by atoms with E-state index < -0.39 is 18.7 Å². The van der Waals surface area contributed by atoms with Gasteiger partial charge < -0.3 is 5.11 Å². The molecule has 0 amide bonds. The zero-order chi connectivity index (χ0) is 12.9. The van der Waals surface area contributed by atoms with Crippen LogP contribution in [0.1, 0.15) is 44.4 Å². The second-order valence-corrected chi connectivity index (χ2v) is 4.00. The van der Waals surface area contributed by atoms with Crippen LogP contribution in [-0.4, -0.2) is 21.1 Å². The van der Waals surface area contributed by atoms with Gasteiger partial charge in [0.05, 0.1) is 11.8 Å². The first-order valence-corrected chi connectivity index (χ1v) is 5.70. The molecule has 17 heavy (non-hydrogen) atoms. The van der Waals surface area contributed by atoms with Crippen LogP contribution < -0.4 is 0 Å². The summed E-state index contributed by atoms with van der Waals surface area (Å²) in [5.41, 5.74) is 0.592. The maximum absolute atomic E-state index is 11.9. The molecule has 0 aromatic carbocycles. The van der Waals surface area contributed by atoms with Gasteiger partial charge in [0.15, 0.2) is 0 Å². The van der Waals surface area contributed by atoms with E-state index >= 15 is 0 Å². The average Bonchev–Trinajstić information content (AvgIpc) is 2.64. The minimum Gasteiger partial charge on any atom is -0.387 e. The summed E-state index contributed by atoms with van der Waals surface area (Å²) in [6, 6.07) is 1.65. The number of nitrogens with zero attached hydrogens (tertiary/aromatic N) is 2. The number of aliphatic hydroxyl groups is 1. The van der Waals surface area contributed by atoms with E-state index in [1.807, 2.05) is 6.92 Å². The highest BCUT2D eigenvalue weighted by Gasteiger charge is 2.27. The van der Waals surface area contributed by atoms with E-state index in [1.54, 1.807) is 16.9 Å². The predicted octanol–water partition coefficient (Wildman–Crippen LogP) is 3.06. The summed E-state index contributed by atoms with van der Waals surface area (Å²) in [5.74, 6) is 0. The first kappa shape index (κ1) is 14.0. The zero-order valence-electron chi connectivity index (χ0n) is 9.74. The van der Waals surface area contributed by atoms with Crippen LogP contribution in [0.2, 0.25) is 0 Å². The van der Waals surface area contributed by atoms with E-state index in [0.29, 0.717) is 12.2 Å². The molecule has 0 fully saturated rings. The Morgan fingerprint density at radius 1 is 1.47 bits per heavy atom. The predicted molar refractivity (Wildman–Crippen MR) is 57.4 cm³/mol. The van der Waals surface area contributed by atoms with Gasteiger partial charge >= 0.3 is 6.18 Å². The molecule has 1 heterocycles. The van der Waals surface area contributed by atoms with Gasteiger partial charge in [0.25, 0.3) is 0 Å². The van der Waals surface area contributed by atoms with Crippen molar-refractivity contribution in [2.75, 3.05) is 0 Å². The molecule has 1 atom stereocenters. The van der Waals surface area contributed by atoms with E-state index in [4.69, 9.17) is 0 Å². The number of hydrogen-bond acceptors (Lipinski definition) is 2. The molecule has 0 saturated heterocycles. The van der Waals surface area contributed by atoms with Crippen LogP contribution in [0.25, 0.3) is 0 Å². The second-order valence-electron chi connectivity index (χ2n) is 4.00. The average molecular weight is 250 g/mol. The largest absolute Gasteiger partial charge is 0.389 e. The number of alkyl halides is 3. The molecule has 1 aromatic heterocycles. The number of halogens is 3. The molecule has 6 heteroatoms. The maximum atomic E-state index is 11.9. The van der Waals surface area contributed by atoms with Gasteiger partial charge in [-0.25, -0.2) is 0 Å². The summed E-state index contributed by atoms with van der Waals surface area (Å²) in [5, 5.41) is 13.8. The lowest BCUT2D eigenvalue weighted by Crippen LogP contribution is -2.11. The molecular formula is C11H17F3N2O. The van der Waals surface area contributed by atoms with Crippen LogP contribution in [-0.2, 0) is 6.54 Å². The minimum atomic E-state index is -4.15. The third kappa shape index (κ3) is 4.77. The lowest BCUT2D eigenvalue weighted by atomic mass is 10.1. The van der Waals surface area contributed by atoms with Gasteiger partial charge in [0.2, 0.25) is 0 Å². The van der Waals surface area contributed by atoms with Crippen molar-refractivity contribution < 1.29 is 18.3 Å². The lowest BCUT2D eigenvalue weighted by Gasteiger charge is -2.13. The van der Waals surface area contributed by atoms with Crippen molar-refractivity contribution in [3.05, 3.63) is 18.0 Å². The number of aryl methyl sites for hydroxylation is 1. The SMILES string of the molecule is CCCn1nccc1C(O)CCCC(F)(F)F. The van der Waals surface area contributed by atoms with Crippen LogP contribution in [0, 0.1) is 0 Å². The number of rotatable bonds is 6. The Labute approximate surface area is 98.2 Å². The molecule has 0 aliphatic carbocycles. The summed E-state index contributed by atoms with van der Waals surface area (Å²) < 4.78 is 37.5. The fraction of sp³-hybridized carbons (Fsp3) is 0.727. The second kappa shape index (κ2) is 6.05. The Hall–Kier alpha value is -1.04. The van der Waals surface area contributed by atoms with E-state index in [2.05, 4.69) is 5.10 Å². The molecule has 0 spiro atoms. The molecule has 0 saturated carbocycles. The normalized spacial score (nSPS) is 13.9. The van der Waals surface area contributed by atoms with Gasteiger partial charge in [-0.2, -0.15) is 18.3 Å². The Bertz CT molecular complexity index is 336. The van der Waals surface area contributed by atoms with E-state index in [0.717, 1.165) is 6.42 Å². The molecular weight excluding hydrogens is 233 g/mol.